The first-order chi connectivity index (χ1) is 7.11. The SMILES string of the molecule is Cn1c(C(=O)O)ccc1C(=O)C1CCC1. The van der Waals surface area contributed by atoms with Crippen LogP contribution in [0.5, 0.6) is 0 Å². The van der Waals surface area contributed by atoms with Crippen LogP contribution in [0.15, 0.2) is 12.1 Å². The normalized spacial score (nSPS) is 16.1. The molecule has 15 heavy (non-hydrogen) atoms. The van der Waals surface area contributed by atoms with Crippen LogP contribution in [0, 0.1) is 5.92 Å². The summed E-state index contributed by atoms with van der Waals surface area (Å²) < 4.78 is 1.46. The number of aromatic nitrogens is 1. The van der Waals surface area contributed by atoms with Crippen molar-refractivity contribution in [3.63, 3.8) is 0 Å². The molecule has 4 heteroatoms. The van der Waals surface area contributed by atoms with E-state index < -0.39 is 5.97 Å². The van der Waals surface area contributed by atoms with Gasteiger partial charge in [0.25, 0.3) is 0 Å². The van der Waals surface area contributed by atoms with Crippen molar-refractivity contribution in [2.75, 3.05) is 0 Å². The maximum atomic E-state index is 11.9. The van der Waals surface area contributed by atoms with Gasteiger partial charge in [0.1, 0.15) is 5.69 Å². The number of carbonyl (C=O) groups is 2. The number of hydrogen-bond donors (Lipinski definition) is 1. The van der Waals surface area contributed by atoms with Gasteiger partial charge in [0.15, 0.2) is 5.78 Å². The van der Waals surface area contributed by atoms with Gasteiger partial charge in [-0.3, -0.25) is 4.79 Å². The lowest BCUT2D eigenvalue weighted by atomic mass is 9.81. The minimum atomic E-state index is -0.995. The van der Waals surface area contributed by atoms with E-state index in [1.54, 1.807) is 13.1 Å². The summed E-state index contributed by atoms with van der Waals surface area (Å²) in [5.41, 5.74) is 0.676. The molecular weight excluding hydrogens is 194 g/mol. The first-order valence-electron chi connectivity index (χ1n) is 5.04. The van der Waals surface area contributed by atoms with Crippen LogP contribution in [0.4, 0.5) is 0 Å². The van der Waals surface area contributed by atoms with Gasteiger partial charge in [0.2, 0.25) is 0 Å². The van der Waals surface area contributed by atoms with Crippen molar-refractivity contribution in [2.24, 2.45) is 13.0 Å². The van der Waals surface area contributed by atoms with Gasteiger partial charge in [-0.05, 0) is 25.0 Å². The van der Waals surface area contributed by atoms with Gasteiger partial charge in [-0.15, -0.1) is 0 Å². The maximum absolute atomic E-state index is 11.9. The topological polar surface area (TPSA) is 59.3 Å². The second kappa shape index (κ2) is 3.53. The summed E-state index contributed by atoms with van der Waals surface area (Å²) in [6, 6.07) is 3.08. The van der Waals surface area contributed by atoms with E-state index in [4.69, 9.17) is 5.11 Å². The Kier molecular flexibility index (Phi) is 2.34. The van der Waals surface area contributed by atoms with Crippen molar-refractivity contribution in [1.82, 2.24) is 4.57 Å². The van der Waals surface area contributed by atoms with Crippen molar-refractivity contribution >= 4 is 11.8 Å². The first kappa shape index (κ1) is 9.96. The Balaban J connectivity index is 2.28. The largest absolute Gasteiger partial charge is 0.477 e. The highest BCUT2D eigenvalue weighted by atomic mass is 16.4. The molecule has 1 aromatic rings. The summed E-state index contributed by atoms with van der Waals surface area (Å²) in [5.74, 6) is -0.804. The zero-order valence-electron chi connectivity index (χ0n) is 8.56. The fourth-order valence-corrected chi connectivity index (χ4v) is 1.85. The number of rotatable bonds is 3. The molecule has 1 aliphatic rings. The van der Waals surface area contributed by atoms with Crippen LogP contribution in [0.2, 0.25) is 0 Å². The Bertz CT molecular complexity index is 415. The van der Waals surface area contributed by atoms with E-state index in [2.05, 4.69) is 0 Å². The molecule has 0 atom stereocenters. The number of hydrogen-bond acceptors (Lipinski definition) is 2. The molecule has 0 spiro atoms. The predicted octanol–water partition coefficient (Wildman–Crippen LogP) is 1.71. The van der Waals surface area contributed by atoms with Crippen LogP contribution >= 0.6 is 0 Å². The summed E-state index contributed by atoms with van der Waals surface area (Å²) in [7, 11) is 1.62. The fourth-order valence-electron chi connectivity index (χ4n) is 1.85. The Morgan fingerprint density at radius 1 is 1.33 bits per heavy atom. The molecule has 1 aliphatic carbocycles. The molecule has 4 nitrogen and oxygen atoms in total. The highest BCUT2D eigenvalue weighted by molar-refractivity contribution is 5.99. The summed E-state index contributed by atoms with van der Waals surface area (Å²) in [6.45, 7) is 0. The van der Waals surface area contributed by atoms with Crippen molar-refractivity contribution in [2.45, 2.75) is 19.3 Å². The van der Waals surface area contributed by atoms with E-state index in [0.717, 1.165) is 19.3 Å². The van der Waals surface area contributed by atoms with E-state index in [1.165, 1.54) is 10.6 Å². The van der Waals surface area contributed by atoms with Gasteiger partial charge in [-0.2, -0.15) is 0 Å². The summed E-state index contributed by atoms with van der Waals surface area (Å²) in [6.07, 6.45) is 2.98. The van der Waals surface area contributed by atoms with Crippen LogP contribution in [-0.4, -0.2) is 21.4 Å². The molecule has 1 heterocycles. The molecule has 0 unspecified atom stereocenters. The third-order valence-electron chi connectivity index (χ3n) is 3.07. The number of Topliss-reactive ketones (excluding diaryl/α,β-unsaturated/α-hetero) is 1. The second-order valence-corrected chi connectivity index (χ2v) is 3.96. The molecule has 1 aromatic heterocycles. The Morgan fingerprint density at radius 2 is 1.93 bits per heavy atom. The molecule has 1 saturated carbocycles. The number of carboxylic acid groups (broad SMARTS) is 1. The van der Waals surface area contributed by atoms with Crippen LogP contribution in [-0.2, 0) is 7.05 Å². The van der Waals surface area contributed by atoms with E-state index in [9.17, 15) is 9.59 Å². The molecule has 2 rings (SSSR count). The molecule has 80 valence electrons. The zero-order chi connectivity index (χ0) is 11.0. The smallest absolute Gasteiger partial charge is 0.352 e. The second-order valence-electron chi connectivity index (χ2n) is 3.96. The Morgan fingerprint density at radius 3 is 2.33 bits per heavy atom. The minimum absolute atomic E-state index is 0.0799. The molecule has 0 radical (unpaired) electrons. The Labute approximate surface area is 87.5 Å². The molecule has 1 fully saturated rings. The molecule has 0 aromatic carbocycles. The number of ketones is 1. The van der Waals surface area contributed by atoms with Crippen molar-refractivity contribution < 1.29 is 14.7 Å². The third-order valence-corrected chi connectivity index (χ3v) is 3.07. The Hall–Kier alpha value is -1.58. The average Bonchev–Trinajstić information content (AvgIpc) is 2.43. The minimum Gasteiger partial charge on any atom is -0.477 e. The van der Waals surface area contributed by atoms with Gasteiger partial charge in [0.05, 0.1) is 5.69 Å². The number of carbonyl (C=O) groups excluding carboxylic acids is 1. The highest BCUT2D eigenvalue weighted by Crippen LogP contribution is 2.30. The molecule has 0 saturated heterocycles. The number of aromatic carboxylic acids is 1. The van der Waals surface area contributed by atoms with Crippen LogP contribution in [0.3, 0.4) is 0 Å². The lowest BCUT2D eigenvalue weighted by Crippen LogP contribution is -2.24. The predicted molar refractivity (Wildman–Crippen MR) is 54.0 cm³/mol. The van der Waals surface area contributed by atoms with E-state index >= 15 is 0 Å². The third kappa shape index (κ3) is 1.56. The average molecular weight is 207 g/mol. The van der Waals surface area contributed by atoms with Gasteiger partial charge >= 0.3 is 5.97 Å². The molecule has 0 aliphatic heterocycles. The number of nitrogens with zero attached hydrogens (tertiary/aromatic N) is 1. The molecular formula is C11H13NO3. The zero-order valence-corrected chi connectivity index (χ0v) is 8.56. The van der Waals surface area contributed by atoms with Crippen molar-refractivity contribution in [1.29, 1.82) is 0 Å². The fraction of sp³-hybridized carbons (Fsp3) is 0.455. The lowest BCUT2D eigenvalue weighted by molar-refractivity contribution is 0.0686. The van der Waals surface area contributed by atoms with Crippen molar-refractivity contribution in [3.8, 4) is 0 Å². The summed E-state index contributed by atoms with van der Waals surface area (Å²) >= 11 is 0. The quantitative estimate of drug-likeness (QED) is 0.767. The standard InChI is InChI=1S/C11H13NO3/c1-12-8(5-6-9(12)11(14)15)10(13)7-3-2-4-7/h5-7H,2-4H2,1H3,(H,14,15). The van der Waals surface area contributed by atoms with Gasteiger partial charge in [-0.25, -0.2) is 4.79 Å². The first-order valence-corrected chi connectivity index (χ1v) is 5.04. The van der Waals surface area contributed by atoms with Crippen LogP contribution in [0.25, 0.3) is 0 Å². The van der Waals surface area contributed by atoms with E-state index in [0.29, 0.717) is 5.69 Å². The summed E-state index contributed by atoms with van der Waals surface area (Å²) in [4.78, 5) is 22.6. The molecule has 0 bridgehead atoms. The van der Waals surface area contributed by atoms with Crippen LogP contribution in [0.1, 0.15) is 40.2 Å². The van der Waals surface area contributed by atoms with E-state index in [-0.39, 0.29) is 17.4 Å². The van der Waals surface area contributed by atoms with Gasteiger partial charge < -0.3 is 9.67 Å². The van der Waals surface area contributed by atoms with Gasteiger partial charge in [0, 0.05) is 13.0 Å². The number of carboxylic acids is 1. The van der Waals surface area contributed by atoms with E-state index in [1.807, 2.05) is 0 Å². The highest BCUT2D eigenvalue weighted by Gasteiger charge is 2.28. The molecule has 1 N–H and O–H groups in total. The lowest BCUT2D eigenvalue weighted by Gasteiger charge is -2.23. The monoisotopic (exact) mass is 207 g/mol. The van der Waals surface area contributed by atoms with Crippen LogP contribution < -0.4 is 0 Å². The van der Waals surface area contributed by atoms with Crippen molar-refractivity contribution in [3.05, 3.63) is 23.5 Å². The molecule has 0 amide bonds. The summed E-state index contributed by atoms with van der Waals surface area (Å²) in [5, 5.41) is 8.84. The maximum Gasteiger partial charge on any atom is 0.352 e. The van der Waals surface area contributed by atoms with Gasteiger partial charge in [-0.1, -0.05) is 6.42 Å².